The summed E-state index contributed by atoms with van der Waals surface area (Å²) in [7, 11) is -3.54. The maximum atomic E-state index is 13.2. The molecular formula is C13H26N5O3P. The number of carbonyl (C=O) groups excluding carboxylic acids is 2. The highest BCUT2D eigenvalue weighted by Gasteiger charge is 2.54. The lowest BCUT2D eigenvalue weighted by atomic mass is 10.1. The van der Waals surface area contributed by atoms with Crippen molar-refractivity contribution in [3.8, 4) is 0 Å². The van der Waals surface area contributed by atoms with E-state index < -0.39 is 18.8 Å². The van der Waals surface area contributed by atoms with Gasteiger partial charge in [-0.2, -0.15) is 0 Å². The average Bonchev–Trinajstić information content (AvgIpc) is 2.89. The summed E-state index contributed by atoms with van der Waals surface area (Å²) in [6, 6.07) is 0. The van der Waals surface area contributed by atoms with Gasteiger partial charge in [0.15, 0.2) is 5.66 Å². The second kappa shape index (κ2) is 6.66. The molecule has 2 rings (SSSR count). The van der Waals surface area contributed by atoms with Gasteiger partial charge in [0.25, 0.3) is 5.91 Å². The summed E-state index contributed by atoms with van der Waals surface area (Å²) in [5.74, 6) is -0.672. The molecule has 6 N–H and O–H groups in total. The number of carbonyl (C=O) groups is 2. The lowest BCUT2D eigenvalue weighted by Crippen LogP contribution is -2.62. The smallest absolute Gasteiger partial charge is 0.255 e. The minimum atomic E-state index is -3.54. The van der Waals surface area contributed by atoms with Crippen molar-refractivity contribution in [1.82, 2.24) is 15.3 Å². The zero-order valence-electron chi connectivity index (χ0n) is 13.0. The minimum Gasteiger partial charge on any atom is -0.355 e. The summed E-state index contributed by atoms with van der Waals surface area (Å²) >= 11 is 0. The van der Waals surface area contributed by atoms with Crippen LogP contribution in [0.4, 0.5) is 0 Å². The fraction of sp³-hybridized carbons (Fsp3) is 0.846. The van der Waals surface area contributed by atoms with Crippen LogP contribution in [0.3, 0.4) is 0 Å². The van der Waals surface area contributed by atoms with Crippen LogP contribution in [-0.2, 0) is 14.2 Å². The van der Waals surface area contributed by atoms with Gasteiger partial charge >= 0.3 is 0 Å². The van der Waals surface area contributed by atoms with Gasteiger partial charge in [0.05, 0.1) is 0 Å². The molecule has 2 amide bonds. The molecular weight excluding hydrogens is 305 g/mol. The van der Waals surface area contributed by atoms with Crippen LogP contribution in [0.15, 0.2) is 0 Å². The van der Waals surface area contributed by atoms with Crippen LogP contribution in [0.25, 0.3) is 0 Å². The van der Waals surface area contributed by atoms with E-state index in [1.165, 1.54) is 4.67 Å². The van der Waals surface area contributed by atoms with E-state index in [2.05, 4.69) is 10.6 Å². The molecule has 2 heterocycles. The third-order valence-corrected chi connectivity index (χ3v) is 7.09. The van der Waals surface area contributed by atoms with Gasteiger partial charge in [-0.05, 0) is 32.1 Å². The van der Waals surface area contributed by atoms with Crippen molar-refractivity contribution in [3.05, 3.63) is 0 Å². The van der Waals surface area contributed by atoms with Crippen molar-refractivity contribution < 1.29 is 14.2 Å². The molecule has 3 atom stereocenters. The Bertz CT molecular complexity index is 500. The van der Waals surface area contributed by atoms with Crippen molar-refractivity contribution in [2.75, 3.05) is 19.6 Å². The Morgan fingerprint density at radius 3 is 2.91 bits per heavy atom. The SMILES string of the molecule is CCCNC(=O)[C@]1(N)CCCN1P(N)(=O)[C@H]1CCCNC1=O. The van der Waals surface area contributed by atoms with Gasteiger partial charge in [-0.1, -0.05) is 6.92 Å². The number of nitrogens with zero attached hydrogens (tertiary/aromatic N) is 1. The molecule has 0 aliphatic carbocycles. The fourth-order valence-electron chi connectivity index (χ4n) is 3.16. The predicted octanol–water partition coefficient (Wildman–Crippen LogP) is -0.306. The van der Waals surface area contributed by atoms with Crippen LogP contribution in [-0.4, -0.2) is 47.4 Å². The van der Waals surface area contributed by atoms with E-state index in [4.69, 9.17) is 11.2 Å². The Labute approximate surface area is 130 Å². The first-order valence-corrected chi connectivity index (χ1v) is 9.65. The van der Waals surface area contributed by atoms with Gasteiger partial charge in [0, 0.05) is 19.6 Å². The number of nitrogens with one attached hydrogen (secondary N) is 2. The molecule has 0 aromatic heterocycles. The lowest BCUT2D eigenvalue weighted by molar-refractivity contribution is -0.129. The lowest BCUT2D eigenvalue weighted by Gasteiger charge is -2.40. The molecule has 0 spiro atoms. The molecule has 0 saturated carbocycles. The molecule has 8 nitrogen and oxygen atoms in total. The highest BCUT2D eigenvalue weighted by atomic mass is 31.2. The maximum absolute atomic E-state index is 13.2. The Morgan fingerprint density at radius 2 is 2.27 bits per heavy atom. The van der Waals surface area contributed by atoms with Crippen LogP contribution in [0.1, 0.15) is 39.0 Å². The first-order valence-electron chi connectivity index (χ1n) is 7.85. The van der Waals surface area contributed by atoms with Crippen LogP contribution in [0.5, 0.6) is 0 Å². The zero-order chi connectivity index (χ0) is 16.4. The number of hydrogen-bond donors (Lipinski definition) is 4. The van der Waals surface area contributed by atoms with E-state index in [-0.39, 0.29) is 11.8 Å². The molecule has 0 bridgehead atoms. The molecule has 126 valence electrons. The van der Waals surface area contributed by atoms with Crippen LogP contribution < -0.4 is 21.9 Å². The quantitative estimate of drug-likeness (QED) is 0.511. The summed E-state index contributed by atoms with van der Waals surface area (Å²) in [6.45, 7) is 3.38. The molecule has 9 heteroatoms. The number of rotatable bonds is 5. The number of hydrogen-bond acceptors (Lipinski definition) is 4. The molecule has 22 heavy (non-hydrogen) atoms. The molecule has 1 unspecified atom stereocenters. The Balaban J connectivity index is 2.22. The van der Waals surface area contributed by atoms with Gasteiger partial charge < -0.3 is 16.4 Å². The summed E-state index contributed by atoms with van der Waals surface area (Å²) in [5, 5.41) is 5.44. The Morgan fingerprint density at radius 1 is 1.55 bits per heavy atom. The van der Waals surface area contributed by atoms with Crippen molar-refractivity contribution in [2.45, 2.75) is 50.3 Å². The minimum absolute atomic E-state index is 0.305. The van der Waals surface area contributed by atoms with E-state index in [0.29, 0.717) is 38.9 Å². The summed E-state index contributed by atoms with van der Waals surface area (Å²) in [6.07, 6.45) is 2.99. The largest absolute Gasteiger partial charge is 0.355 e. The van der Waals surface area contributed by atoms with Gasteiger partial charge in [-0.15, -0.1) is 0 Å². The maximum Gasteiger partial charge on any atom is 0.255 e. The molecule has 2 aliphatic heterocycles. The molecule has 0 aromatic rings. The fourth-order valence-corrected chi connectivity index (χ4v) is 5.68. The van der Waals surface area contributed by atoms with Crippen molar-refractivity contribution in [3.63, 3.8) is 0 Å². The molecule has 2 saturated heterocycles. The molecule has 0 radical (unpaired) electrons. The predicted molar refractivity (Wildman–Crippen MR) is 84.0 cm³/mol. The van der Waals surface area contributed by atoms with Gasteiger partial charge in [0.2, 0.25) is 13.4 Å². The van der Waals surface area contributed by atoms with Crippen LogP contribution in [0, 0.1) is 0 Å². The van der Waals surface area contributed by atoms with Crippen LogP contribution >= 0.6 is 7.44 Å². The van der Waals surface area contributed by atoms with E-state index >= 15 is 0 Å². The Kier molecular flexibility index (Phi) is 5.27. The first kappa shape index (κ1) is 17.4. The van der Waals surface area contributed by atoms with Crippen LogP contribution in [0.2, 0.25) is 0 Å². The molecule has 2 aliphatic rings. The Hall–Kier alpha value is -0.950. The average molecular weight is 331 g/mol. The molecule has 0 aromatic carbocycles. The van der Waals surface area contributed by atoms with Gasteiger partial charge in [0.1, 0.15) is 5.66 Å². The second-order valence-corrected chi connectivity index (χ2v) is 8.48. The normalized spacial score (nSPS) is 32.3. The third kappa shape index (κ3) is 3.06. The van der Waals surface area contributed by atoms with Gasteiger partial charge in [-0.25, -0.2) is 4.67 Å². The summed E-state index contributed by atoms with van der Waals surface area (Å²) < 4.78 is 14.5. The monoisotopic (exact) mass is 331 g/mol. The number of nitrogens with two attached hydrogens (primary N) is 2. The highest BCUT2D eigenvalue weighted by Crippen LogP contribution is 2.54. The molecule has 2 fully saturated rings. The second-order valence-electron chi connectivity index (χ2n) is 6.03. The summed E-state index contributed by atoms with van der Waals surface area (Å²) in [4.78, 5) is 24.4. The van der Waals surface area contributed by atoms with E-state index in [9.17, 15) is 14.2 Å². The van der Waals surface area contributed by atoms with Crippen molar-refractivity contribution in [1.29, 1.82) is 0 Å². The topological polar surface area (TPSA) is 131 Å². The first-order chi connectivity index (χ1) is 10.3. The highest BCUT2D eigenvalue weighted by molar-refractivity contribution is 7.61. The standard InChI is InChI=1S/C13H26N5O3P/c1-2-7-17-12(20)13(14)6-4-9-18(13)22(15,21)10-5-3-8-16-11(10)19/h10H,2-9,14H2,1H3,(H2,15,21)(H,16,19)(H,17,20)/t10-,13-,22?/m0/s1. The van der Waals surface area contributed by atoms with Gasteiger partial charge in [-0.3, -0.25) is 19.7 Å². The number of amides is 2. The van der Waals surface area contributed by atoms with E-state index in [0.717, 1.165) is 12.8 Å². The summed E-state index contributed by atoms with van der Waals surface area (Å²) in [5.41, 5.74) is 10.2. The van der Waals surface area contributed by atoms with E-state index in [1.54, 1.807) is 0 Å². The number of piperidine rings is 1. The van der Waals surface area contributed by atoms with Crippen molar-refractivity contribution >= 4 is 19.3 Å². The van der Waals surface area contributed by atoms with Crippen molar-refractivity contribution in [2.24, 2.45) is 11.2 Å². The third-order valence-electron chi connectivity index (χ3n) is 4.40. The zero-order valence-corrected chi connectivity index (χ0v) is 13.9. The van der Waals surface area contributed by atoms with E-state index in [1.807, 2.05) is 6.92 Å².